The predicted molar refractivity (Wildman–Crippen MR) is 82.9 cm³/mol. The number of thiophene rings is 1. The van der Waals surface area contributed by atoms with E-state index in [4.69, 9.17) is 10.5 Å². The molecule has 3 N–H and O–H groups in total. The Morgan fingerprint density at radius 2 is 2.10 bits per heavy atom. The molecule has 0 amide bonds. The van der Waals surface area contributed by atoms with Crippen LogP contribution < -0.4 is 15.8 Å². The molecule has 1 heterocycles. The second-order valence-electron chi connectivity index (χ2n) is 4.96. The van der Waals surface area contributed by atoms with Gasteiger partial charge in [0, 0.05) is 17.0 Å². The number of hydrogen-bond acceptors (Lipinski definition) is 4. The summed E-state index contributed by atoms with van der Waals surface area (Å²) in [6.45, 7) is 4.20. The zero-order valence-corrected chi connectivity index (χ0v) is 12.6. The van der Waals surface area contributed by atoms with Crippen LogP contribution in [0.1, 0.15) is 24.8 Å². The number of nitrogens with two attached hydrogens (primary N) is 1. The third-order valence-electron chi connectivity index (χ3n) is 3.15. The van der Waals surface area contributed by atoms with Gasteiger partial charge in [0.2, 0.25) is 0 Å². The Hall–Kier alpha value is -1.75. The molecule has 0 bridgehead atoms. The van der Waals surface area contributed by atoms with E-state index >= 15 is 0 Å². The SMILES string of the molecule is COc1cc(NC(c2cccs2)C(C)C)c(F)cc1N. The van der Waals surface area contributed by atoms with Gasteiger partial charge < -0.3 is 15.8 Å². The number of hydrogen-bond donors (Lipinski definition) is 2. The van der Waals surface area contributed by atoms with Crippen molar-refractivity contribution >= 4 is 22.7 Å². The molecule has 20 heavy (non-hydrogen) atoms. The monoisotopic (exact) mass is 294 g/mol. The van der Waals surface area contributed by atoms with Crippen molar-refractivity contribution in [2.45, 2.75) is 19.9 Å². The quantitative estimate of drug-likeness (QED) is 0.809. The van der Waals surface area contributed by atoms with Gasteiger partial charge in [0.1, 0.15) is 11.6 Å². The molecule has 0 saturated carbocycles. The Morgan fingerprint density at radius 1 is 1.35 bits per heavy atom. The molecule has 2 rings (SSSR count). The third kappa shape index (κ3) is 3.04. The molecule has 1 aromatic carbocycles. The number of nitrogen functional groups attached to an aromatic ring is 1. The van der Waals surface area contributed by atoms with Crippen LogP contribution in [-0.2, 0) is 0 Å². The zero-order chi connectivity index (χ0) is 14.7. The molecule has 2 aromatic rings. The molecule has 108 valence electrons. The van der Waals surface area contributed by atoms with Gasteiger partial charge in [0.15, 0.2) is 0 Å². The van der Waals surface area contributed by atoms with Gasteiger partial charge in [-0.1, -0.05) is 19.9 Å². The van der Waals surface area contributed by atoms with Crippen LogP contribution in [0.15, 0.2) is 29.6 Å². The van der Waals surface area contributed by atoms with Crippen LogP contribution in [0, 0.1) is 11.7 Å². The number of ether oxygens (including phenoxy) is 1. The maximum atomic E-state index is 14.0. The maximum absolute atomic E-state index is 14.0. The Morgan fingerprint density at radius 3 is 2.65 bits per heavy atom. The lowest BCUT2D eigenvalue weighted by atomic mass is 10.0. The fraction of sp³-hybridized carbons (Fsp3) is 0.333. The summed E-state index contributed by atoms with van der Waals surface area (Å²) < 4.78 is 19.2. The molecule has 0 saturated heterocycles. The highest BCUT2D eigenvalue weighted by Crippen LogP contribution is 2.34. The minimum absolute atomic E-state index is 0.0535. The maximum Gasteiger partial charge on any atom is 0.148 e. The topological polar surface area (TPSA) is 47.3 Å². The Bertz CT molecular complexity index is 570. The third-order valence-corrected chi connectivity index (χ3v) is 4.10. The van der Waals surface area contributed by atoms with Gasteiger partial charge in [-0.3, -0.25) is 0 Å². The molecule has 0 aliphatic carbocycles. The molecule has 1 atom stereocenters. The number of methoxy groups -OCH3 is 1. The molecule has 0 fully saturated rings. The molecular weight excluding hydrogens is 275 g/mol. The second-order valence-corrected chi connectivity index (χ2v) is 5.93. The van der Waals surface area contributed by atoms with Crippen LogP contribution in [0.2, 0.25) is 0 Å². The second kappa shape index (κ2) is 6.13. The van der Waals surface area contributed by atoms with Gasteiger partial charge in [0.05, 0.1) is 24.5 Å². The van der Waals surface area contributed by atoms with E-state index in [2.05, 4.69) is 25.2 Å². The summed E-state index contributed by atoms with van der Waals surface area (Å²) in [7, 11) is 1.52. The van der Waals surface area contributed by atoms with Crippen molar-refractivity contribution in [3.63, 3.8) is 0 Å². The highest BCUT2D eigenvalue weighted by Gasteiger charge is 2.19. The van der Waals surface area contributed by atoms with Gasteiger partial charge in [-0.05, 0) is 17.4 Å². The van der Waals surface area contributed by atoms with Crippen molar-refractivity contribution in [3.05, 3.63) is 40.3 Å². The summed E-state index contributed by atoms with van der Waals surface area (Å²) >= 11 is 1.66. The van der Waals surface area contributed by atoms with Gasteiger partial charge in [-0.2, -0.15) is 0 Å². The van der Waals surface area contributed by atoms with Crippen molar-refractivity contribution < 1.29 is 9.13 Å². The minimum Gasteiger partial charge on any atom is -0.495 e. The van der Waals surface area contributed by atoms with E-state index in [9.17, 15) is 4.39 Å². The van der Waals surface area contributed by atoms with Crippen LogP contribution in [0.3, 0.4) is 0 Å². The molecule has 0 radical (unpaired) electrons. The first-order chi connectivity index (χ1) is 9.52. The zero-order valence-electron chi connectivity index (χ0n) is 11.8. The lowest BCUT2D eigenvalue weighted by molar-refractivity contribution is 0.416. The van der Waals surface area contributed by atoms with Gasteiger partial charge >= 0.3 is 0 Å². The van der Waals surface area contributed by atoms with E-state index in [1.165, 1.54) is 18.1 Å². The van der Waals surface area contributed by atoms with Gasteiger partial charge in [-0.25, -0.2) is 4.39 Å². The fourth-order valence-corrected chi connectivity index (χ4v) is 3.01. The van der Waals surface area contributed by atoms with Crippen LogP contribution >= 0.6 is 11.3 Å². The summed E-state index contributed by atoms with van der Waals surface area (Å²) in [5.41, 5.74) is 6.40. The summed E-state index contributed by atoms with van der Waals surface area (Å²) in [6, 6.07) is 6.99. The number of benzene rings is 1. The van der Waals surface area contributed by atoms with Crippen LogP contribution in [0.5, 0.6) is 5.75 Å². The van der Waals surface area contributed by atoms with Gasteiger partial charge in [-0.15, -0.1) is 11.3 Å². The standard InChI is InChI=1S/C15H19FN2OS/c1-9(2)15(14-5-4-6-20-14)18-12-8-13(19-3)11(17)7-10(12)16/h4-9,15,18H,17H2,1-3H3. The molecule has 0 aliphatic rings. The molecular formula is C15H19FN2OS. The molecule has 1 aromatic heterocycles. The van der Waals surface area contributed by atoms with E-state index in [1.807, 2.05) is 11.4 Å². The number of nitrogens with one attached hydrogen (secondary N) is 1. The van der Waals surface area contributed by atoms with E-state index in [0.717, 1.165) is 0 Å². The Balaban J connectivity index is 2.32. The van der Waals surface area contributed by atoms with E-state index in [0.29, 0.717) is 23.0 Å². The molecule has 5 heteroatoms. The van der Waals surface area contributed by atoms with Crippen LogP contribution in [-0.4, -0.2) is 7.11 Å². The van der Waals surface area contributed by atoms with Crippen LogP contribution in [0.4, 0.5) is 15.8 Å². The number of anilines is 2. The first kappa shape index (κ1) is 14.7. The van der Waals surface area contributed by atoms with Crippen LogP contribution in [0.25, 0.3) is 0 Å². The first-order valence-corrected chi connectivity index (χ1v) is 7.33. The lowest BCUT2D eigenvalue weighted by Crippen LogP contribution is -2.16. The average Bonchev–Trinajstić information content (AvgIpc) is 2.91. The average molecular weight is 294 g/mol. The van der Waals surface area contributed by atoms with E-state index < -0.39 is 0 Å². The van der Waals surface area contributed by atoms with Crippen molar-refractivity contribution in [1.82, 2.24) is 0 Å². The summed E-state index contributed by atoms with van der Waals surface area (Å²) in [4.78, 5) is 1.18. The summed E-state index contributed by atoms with van der Waals surface area (Å²) in [6.07, 6.45) is 0. The highest BCUT2D eigenvalue weighted by atomic mass is 32.1. The van der Waals surface area contributed by atoms with Crippen molar-refractivity contribution in [2.75, 3.05) is 18.2 Å². The fourth-order valence-electron chi connectivity index (χ4n) is 2.06. The Kier molecular flexibility index (Phi) is 4.49. The Labute approximate surface area is 122 Å². The van der Waals surface area contributed by atoms with E-state index in [-0.39, 0.29) is 11.9 Å². The largest absolute Gasteiger partial charge is 0.495 e. The molecule has 0 spiro atoms. The molecule has 3 nitrogen and oxygen atoms in total. The number of rotatable bonds is 5. The number of halogens is 1. The van der Waals surface area contributed by atoms with Gasteiger partial charge in [0.25, 0.3) is 0 Å². The molecule has 1 unspecified atom stereocenters. The van der Waals surface area contributed by atoms with Crippen molar-refractivity contribution in [3.8, 4) is 5.75 Å². The highest BCUT2D eigenvalue weighted by molar-refractivity contribution is 7.10. The predicted octanol–water partition coefficient (Wildman–Crippen LogP) is 4.29. The lowest BCUT2D eigenvalue weighted by Gasteiger charge is -2.23. The van der Waals surface area contributed by atoms with Crippen molar-refractivity contribution in [2.24, 2.45) is 5.92 Å². The van der Waals surface area contributed by atoms with Crippen molar-refractivity contribution in [1.29, 1.82) is 0 Å². The molecule has 0 aliphatic heterocycles. The van der Waals surface area contributed by atoms with E-state index in [1.54, 1.807) is 17.4 Å². The smallest absolute Gasteiger partial charge is 0.148 e. The summed E-state index contributed by atoms with van der Waals surface area (Å²) in [5, 5.41) is 5.27. The first-order valence-electron chi connectivity index (χ1n) is 6.46. The normalized spacial score (nSPS) is 12.4. The minimum atomic E-state index is -0.370. The summed E-state index contributed by atoms with van der Waals surface area (Å²) in [5.74, 6) is 0.435.